The third-order valence-corrected chi connectivity index (χ3v) is 3.47. The van der Waals surface area contributed by atoms with E-state index in [-0.39, 0.29) is 0 Å². The van der Waals surface area contributed by atoms with Gasteiger partial charge in [0.25, 0.3) is 0 Å². The minimum atomic E-state index is -0.950. The molecule has 0 amide bonds. The SMILES string of the molecule is CNC(C)(CCCOc1c(OC)cccc1OC)C(=O)O. The summed E-state index contributed by atoms with van der Waals surface area (Å²) < 4.78 is 16.2. The smallest absolute Gasteiger partial charge is 0.323 e. The average molecular weight is 297 g/mol. The molecule has 1 unspecified atom stereocenters. The molecule has 2 N–H and O–H groups in total. The molecule has 118 valence electrons. The number of methoxy groups -OCH3 is 2. The van der Waals surface area contributed by atoms with E-state index in [4.69, 9.17) is 19.3 Å². The van der Waals surface area contributed by atoms with Gasteiger partial charge in [0.1, 0.15) is 5.54 Å². The Labute approximate surface area is 125 Å². The molecule has 0 radical (unpaired) electrons. The highest BCUT2D eigenvalue weighted by Crippen LogP contribution is 2.36. The molecular weight excluding hydrogens is 274 g/mol. The zero-order valence-electron chi connectivity index (χ0n) is 12.9. The number of rotatable bonds is 9. The summed E-state index contributed by atoms with van der Waals surface area (Å²) in [6.45, 7) is 2.03. The van der Waals surface area contributed by atoms with Crippen LogP contribution in [0.3, 0.4) is 0 Å². The normalized spacial score (nSPS) is 13.3. The second-order valence-electron chi connectivity index (χ2n) is 4.83. The van der Waals surface area contributed by atoms with Gasteiger partial charge < -0.3 is 24.6 Å². The van der Waals surface area contributed by atoms with Crippen molar-refractivity contribution in [3.8, 4) is 17.2 Å². The minimum Gasteiger partial charge on any atom is -0.493 e. The molecule has 0 fully saturated rings. The van der Waals surface area contributed by atoms with Gasteiger partial charge in [-0.1, -0.05) is 6.07 Å². The van der Waals surface area contributed by atoms with Gasteiger partial charge in [0.2, 0.25) is 5.75 Å². The van der Waals surface area contributed by atoms with E-state index in [0.29, 0.717) is 36.7 Å². The Kier molecular flexibility index (Phi) is 6.30. The number of benzene rings is 1. The van der Waals surface area contributed by atoms with E-state index < -0.39 is 11.5 Å². The Morgan fingerprint density at radius 1 is 1.29 bits per heavy atom. The molecule has 0 aromatic heterocycles. The number of carboxylic acid groups (broad SMARTS) is 1. The van der Waals surface area contributed by atoms with Crippen LogP contribution >= 0.6 is 0 Å². The van der Waals surface area contributed by atoms with Crippen LogP contribution in [0.15, 0.2) is 18.2 Å². The monoisotopic (exact) mass is 297 g/mol. The topological polar surface area (TPSA) is 77.0 Å². The fourth-order valence-electron chi connectivity index (χ4n) is 1.90. The largest absolute Gasteiger partial charge is 0.493 e. The van der Waals surface area contributed by atoms with E-state index >= 15 is 0 Å². The Hall–Kier alpha value is -1.95. The predicted octanol–water partition coefficient (Wildman–Crippen LogP) is 1.93. The molecule has 0 bridgehead atoms. The third-order valence-electron chi connectivity index (χ3n) is 3.47. The summed E-state index contributed by atoms with van der Waals surface area (Å²) in [7, 11) is 4.76. The van der Waals surface area contributed by atoms with Crippen molar-refractivity contribution in [1.29, 1.82) is 0 Å². The van der Waals surface area contributed by atoms with Crippen molar-refractivity contribution < 1.29 is 24.1 Å². The summed E-state index contributed by atoms with van der Waals surface area (Å²) in [5.74, 6) is 0.830. The van der Waals surface area contributed by atoms with Gasteiger partial charge in [-0.3, -0.25) is 4.79 Å². The molecule has 0 saturated carbocycles. The van der Waals surface area contributed by atoms with Crippen LogP contribution in [0.25, 0.3) is 0 Å². The van der Waals surface area contributed by atoms with Crippen molar-refractivity contribution in [2.24, 2.45) is 0 Å². The quantitative estimate of drug-likeness (QED) is 0.678. The van der Waals surface area contributed by atoms with Crippen molar-refractivity contribution >= 4 is 5.97 Å². The highest BCUT2D eigenvalue weighted by molar-refractivity contribution is 5.78. The van der Waals surface area contributed by atoms with Gasteiger partial charge in [-0.2, -0.15) is 0 Å². The first-order valence-electron chi connectivity index (χ1n) is 6.74. The molecule has 21 heavy (non-hydrogen) atoms. The first-order valence-corrected chi connectivity index (χ1v) is 6.74. The maximum atomic E-state index is 11.2. The Morgan fingerprint density at radius 3 is 2.29 bits per heavy atom. The summed E-state index contributed by atoms with van der Waals surface area (Å²) in [4.78, 5) is 11.2. The number of para-hydroxylation sites is 1. The lowest BCUT2D eigenvalue weighted by Crippen LogP contribution is -2.47. The van der Waals surface area contributed by atoms with E-state index in [1.807, 2.05) is 6.07 Å². The van der Waals surface area contributed by atoms with Crippen LogP contribution in [-0.2, 0) is 4.79 Å². The van der Waals surface area contributed by atoms with E-state index in [2.05, 4.69) is 5.32 Å². The summed E-state index contributed by atoms with van der Waals surface area (Å²) in [6.07, 6.45) is 1.04. The lowest BCUT2D eigenvalue weighted by molar-refractivity contribution is -0.144. The third kappa shape index (κ3) is 4.26. The highest BCUT2D eigenvalue weighted by atomic mass is 16.5. The van der Waals surface area contributed by atoms with Gasteiger partial charge in [0.05, 0.1) is 20.8 Å². The first-order chi connectivity index (χ1) is 9.98. The van der Waals surface area contributed by atoms with Crippen LogP contribution in [0.1, 0.15) is 19.8 Å². The van der Waals surface area contributed by atoms with E-state index in [0.717, 1.165) is 0 Å². The first kappa shape index (κ1) is 17.1. The van der Waals surface area contributed by atoms with Crippen LogP contribution in [0.4, 0.5) is 0 Å². The van der Waals surface area contributed by atoms with Crippen molar-refractivity contribution in [2.45, 2.75) is 25.3 Å². The Balaban J connectivity index is 2.62. The number of ether oxygens (including phenoxy) is 3. The van der Waals surface area contributed by atoms with Crippen molar-refractivity contribution in [3.05, 3.63) is 18.2 Å². The number of carboxylic acids is 1. The molecule has 6 nitrogen and oxygen atoms in total. The molecule has 1 atom stereocenters. The van der Waals surface area contributed by atoms with Crippen molar-refractivity contribution in [3.63, 3.8) is 0 Å². The second-order valence-corrected chi connectivity index (χ2v) is 4.83. The minimum absolute atomic E-state index is 0.376. The van der Waals surface area contributed by atoms with Gasteiger partial charge in [-0.05, 0) is 38.9 Å². The molecule has 1 aromatic rings. The molecule has 0 aliphatic rings. The van der Waals surface area contributed by atoms with Crippen LogP contribution in [-0.4, -0.2) is 44.5 Å². The Morgan fingerprint density at radius 2 is 1.86 bits per heavy atom. The molecule has 0 aliphatic heterocycles. The molecule has 0 spiro atoms. The number of nitrogens with one attached hydrogen (secondary N) is 1. The number of hydrogen-bond donors (Lipinski definition) is 2. The summed E-state index contributed by atoms with van der Waals surface area (Å²) in [5.41, 5.74) is -0.950. The van der Waals surface area contributed by atoms with Crippen LogP contribution < -0.4 is 19.5 Å². The molecule has 1 aromatic carbocycles. The standard InChI is InChI=1S/C15H23NO5/c1-15(16-2,14(17)18)9-6-10-21-13-11(19-3)7-5-8-12(13)20-4/h5,7-8,16H,6,9-10H2,1-4H3,(H,17,18). The lowest BCUT2D eigenvalue weighted by Gasteiger charge is -2.24. The van der Waals surface area contributed by atoms with Gasteiger partial charge in [-0.15, -0.1) is 0 Å². The number of hydrogen-bond acceptors (Lipinski definition) is 5. The average Bonchev–Trinajstić information content (AvgIpc) is 2.50. The zero-order chi connectivity index (χ0) is 15.9. The molecule has 6 heteroatoms. The maximum absolute atomic E-state index is 11.2. The lowest BCUT2D eigenvalue weighted by atomic mass is 9.96. The molecule has 0 saturated heterocycles. The number of aliphatic carboxylic acids is 1. The second kappa shape index (κ2) is 7.73. The van der Waals surface area contributed by atoms with Gasteiger partial charge in [-0.25, -0.2) is 0 Å². The zero-order valence-corrected chi connectivity index (χ0v) is 12.9. The maximum Gasteiger partial charge on any atom is 0.323 e. The molecule has 0 aliphatic carbocycles. The number of carbonyl (C=O) groups is 1. The van der Waals surface area contributed by atoms with E-state index in [1.165, 1.54) is 0 Å². The van der Waals surface area contributed by atoms with Crippen molar-refractivity contribution in [1.82, 2.24) is 5.32 Å². The summed E-state index contributed by atoms with van der Waals surface area (Å²) in [6, 6.07) is 5.38. The Bertz CT molecular complexity index is 455. The predicted molar refractivity (Wildman–Crippen MR) is 79.4 cm³/mol. The molecular formula is C15H23NO5. The van der Waals surface area contributed by atoms with E-state index in [9.17, 15) is 4.79 Å². The van der Waals surface area contributed by atoms with Crippen LogP contribution in [0, 0.1) is 0 Å². The van der Waals surface area contributed by atoms with Crippen LogP contribution in [0.5, 0.6) is 17.2 Å². The number of likely N-dealkylation sites (N-methyl/N-ethyl adjacent to an activating group) is 1. The highest BCUT2D eigenvalue weighted by Gasteiger charge is 2.30. The molecule has 0 heterocycles. The fraction of sp³-hybridized carbons (Fsp3) is 0.533. The van der Waals surface area contributed by atoms with Crippen LogP contribution in [0.2, 0.25) is 0 Å². The summed E-state index contributed by atoms with van der Waals surface area (Å²) in [5, 5.41) is 12.0. The van der Waals surface area contributed by atoms with Gasteiger partial charge in [0.15, 0.2) is 11.5 Å². The summed E-state index contributed by atoms with van der Waals surface area (Å²) >= 11 is 0. The van der Waals surface area contributed by atoms with E-state index in [1.54, 1.807) is 40.3 Å². The van der Waals surface area contributed by atoms with Gasteiger partial charge in [0, 0.05) is 0 Å². The molecule has 1 rings (SSSR count). The van der Waals surface area contributed by atoms with Gasteiger partial charge >= 0.3 is 5.97 Å². The van der Waals surface area contributed by atoms with Crippen molar-refractivity contribution in [2.75, 3.05) is 27.9 Å². The fourth-order valence-corrected chi connectivity index (χ4v) is 1.90.